The lowest BCUT2D eigenvalue weighted by molar-refractivity contribution is 0.102. The first-order chi connectivity index (χ1) is 14.5. The number of ether oxygens (including phenoxy) is 1. The second-order valence-electron chi connectivity index (χ2n) is 6.60. The Hall–Kier alpha value is -3.45. The smallest absolute Gasteiger partial charge is 0.258 e. The van der Waals surface area contributed by atoms with E-state index in [0.29, 0.717) is 10.8 Å². The quantitative estimate of drug-likeness (QED) is 0.480. The minimum atomic E-state index is -0.560. The largest absolute Gasteiger partial charge is 0.497 e. The molecule has 0 spiro atoms. The van der Waals surface area contributed by atoms with Gasteiger partial charge in [0.25, 0.3) is 5.91 Å². The van der Waals surface area contributed by atoms with Crippen LogP contribution in [0.2, 0.25) is 0 Å². The average molecular weight is 424 g/mol. The summed E-state index contributed by atoms with van der Waals surface area (Å²) in [5.41, 5.74) is 2.39. The van der Waals surface area contributed by atoms with Gasteiger partial charge in [-0.2, -0.15) is 0 Å². The van der Waals surface area contributed by atoms with Crippen molar-refractivity contribution < 1.29 is 13.9 Å². The lowest BCUT2D eigenvalue weighted by Crippen LogP contribution is -2.30. The summed E-state index contributed by atoms with van der Waals surface area (Å²) in [6.45, 7) is 2.01. The second kappa shape index (κ2) is 9.84. The fraction of sp³-hybridized carbons (Fsp3) is 0.130. The minimum Gasteiger partial charge on any atom is -0.497 e. The summed E-state index contributed by atoms with van der Waals surface area (Å²) in [5, 5.41) is 9.48. The SMILES string of the molecule is COc1ccc(C(C)NC(=S)Nc2ccc(NC(=O)c3ccccc3F)cc2)cc1. The van der Waals surface area contributed by atoms with Crippen molar-refractivity contribution in [3.05, 3.63) is 89.7 Å². The number of carbonyl (C=O) groups is 1. The molecule has 1 unspecified atom stereocenters. The summed E-state index contributed by atoms with van der Waals surface area (Å²) in [7, 11) is 1.63. The standard InChI is InChI=1S/C23H22FN3O2S/c1-15(16-7-13-19(29-2)14-8-16)25-23(30)27-18-11-9-17(10-12-18)26-22(28)20-5-3-4-6-21(20)24/h3-15H,1-2H3,(H,26,28)(H2,25,27,30). The van der Waals surface area contributed by atoms with Crippen molar-refractivity contribution in [2.45, 2.75) is 13.0 Å². The highest BCUT2D eigenvalue weighted by molar-refractivity contribution is 7.80. The molecule has 0 aliphatic heterocycles. The monoisotopic (exact) mass is 423 g/mol. The van der Waals surface area contributed by atoms with Crippen LogP contribution in [0.4, 0.5) is 15.8 Å². The van der Waals surface area contributed by atoms with E-state index in [2.05, 4.69) is 16.0 Å². The molecule has 3 N–H and O–H groups in total. The fourth-order valence-electron chi connectivity index (χ4n) is 2.82. The summed E-state index contributed by atoms with van der Waals surface area (Å²) in [4.78, 5) is 12.2. The van der Waals surface area contributed by atoms with Crippen molar-refractivity contribution in [1.29, 1.82) is 0 Å². The Bertz CT molecular complexity index is 1020. The van der Waals surface area contributed by atoms with Crippen LogP contribution in [0.3, 0.4) is 0 Å². The zero-order valence-corrected chi connectivity index (χ0v) is 17.4. The van der Waals surface area contributed by atoms with Gasteiger partial charge in [0.15, 0.2) is 5.11 Å². The zero-order chi connectivity index (χ0) is 21.5. The number of rotatable bonds is 6. The third-order valence-corrected chi connectivity index (χ3v) is 4.70. The lowest BCUT2D eigenvalue weighted by atomic mass is 10.1. The first-order valence-corrected chi connectivity index (χ1v) is 9.74. The van der Waals surface area contributed by atoms with Gasteiger partial charge in [-0.05, 0) is 73.2 Å². The Morgan fingerprint density at radius 3 is 2.13 bits per heavy atom. The van der Waals surface area contributed by atoms with Crippen LogP contribution in [0, 0.1) is 5.82 Å². The van der Waals surface area contributed by atoms with Gasteiger partial charge in [-0.15, -0.1) is 0 Å². The van der Waals surface area contributed by atoms with Gasteiger partial charge in [-0.1, -0.05) is 24.3 Å². The van der Waals surface area contributed by atoms with Crippen molar-refractivity contribution in [3.8, 4) is 5.75 Å². The molecule has 0 fully saturated rings. The molecule has 0 aliphatic carbocycles. The number of halogens is 1. The fourth-order valence-corrected chi connectivity index (χ4v) is 3.12. The molecule has 3 rings (SSSR count). The number of methoxy groups -OCH3 is 1. The van der Waals surface area contributed by atoms with Gasteiger partial charge >= 0.3 is 0 Å². The van der Waals surface area contributed by atoms with Gasteiger partial charge in [0.1, 0.15) is 11.6 Å². The zero-order valence-electron chi connectivity index (χ0n) is 16.6. The Balaban J connectivity index is 1.55. The molecule has 0 heterocycles. The van der Waals surface area contributed by atoms with Crippen LogP contribution in [0.1, 0.15) is 28.9 Å². The predicted octanol–water partition coefficient (Wildman–Crippen LogP) is 5.13. The van der Waals surface area contributed by atoms with E-state index in [-0.39, 0.29) is 11.6 Å². The molecule has 7 heteroatoms. The van der Waals surface area contributed by atoms with Crippen molar-refractivity contribution in [1.82, 2.24) is 5.32 Å². The molecule has 1 atom stereocenters. The van der Waals surface area contributed by atoms with Crippen molar-refractivity contribution in [3.63, 3.8) is 0 Å². The van der Waals surface area contributed by atoms with E-state index in [4.69, 9.17) is 17.0 Å². The topological polar surface area (TPSA) is 62.4 Å². The van der Waals surface area contributed by atoms with E-state index in [1.807, 2.05) is 31.2 Å². The third kappa shape index (κ3) is 5.55. The van der Waals surface area contributed by atoms with E-state index in [1.165, 1.54) is 12.1 Å². The highest BCUT2D eigenvalue weighted by Crippen LogP contribution is 2.19. The van der Waals surface area contributed by atoms with Crippen LogP contribution in [-0.2, 0) is 0 Å². The maximum absolute atomic E-state index is 13.7. The number of nitrogens with one attached hydrogen (secondary N) is 3. The van der Waals surface area contributed by atoms with Gasteiger partial charge in [0, 0.05) is 11.4 Å². The third-order valence-electron chi connectivity index (χ3n) is 4.48. The molecular weight excluding hydrogens is 401 g/mol. The first kappa shape index (κ1) is 21.3. The molecular formula is C23H22FN3O2S. The molecule has 0 saturated heterocycles. The molecule has 0 bridgehead atoms. The number of hydrogen-bond donors (Lipinski definition) is 3. The normalized spacial score (nSPS) is 11.3. The number of thiocarbonyl (C=S) groups is 1. The van der Waals surface area contributed by atoms with Gasteiger partial charge in [0.05, 0.1) is 18.7 Å². The Morgan fingerprint density at radius 2 is 1.53 bits per heavy atom. The minimum absolute atomic E-state index is 0.00222. The lowest BCUT2D eigenvalue weighted by Gasteiger charge is -2.18. The summed E-state index contributed by atoms with van der Waals surface area (Å²) in [6, 6.07) is 20.6. The van der Waals surface area contributed by atoms with Crippen molar-refractivity contribution in [2.24, 2.45) is 0 Å². The summed E-state index contributed by atoms with van der Waals surface area (Å²) < 4.78 is 18.9. The van der Waals surface area contributed by atoms with Crippen LogP contribution >= 0.6 is 12.2 Å². The number of benzene rings is 3. The predicted molar refractivity (Wildman–Crippen MR) is 122 cm³/mol. The van der Waals surface area contributed by atoms with E-state index >= 15 is 0 Å². The van der Waals surface area contributed by atoms with Gasteiger partial charge in [-0.25, -0.2) is 4.39 Å². The van der Waals surface area contributed by atoms with Crippen LogP contribution < -0.4 is 20.7 Å². The molecule has 0 saturated carbocycles. The van der Waals surface area contributed by atoms with E-state index in [0.717, 1.165) is 17.0 Å². The maximum Gasteiger partial charge on any atom is 0.258 e. The second-order valence-corrected chi connectivity index (χ2v) is 7.01. The number of hydrogen-bond acceptors (Lipinski definition) is 3. The summed E-state index contributed by atoms with van der Waals surface area (Å²) >= 11 is 5.38. The van der Waals surface area contributed by atoms with E-state index < -0.39 is 11.7 Å². The molecule has 0 radical (unpaired) electrons. The van der Waals surface area contributed by atoms with Crippen LogP contribution in [0.15, 0.2) is 72.8 Å². The summed E-state index contributed by atoms with van der Waals surface area (Å²) in [6.07, 6.45) is 0. The molecule has 0 aliphatic rings. The van der Waals surface area contributed by atoms with Gasteiger partial charge in [0.2, 0.25) is 0 Å². The maximum atomic E-state index is 13.7. The van der Waals surface area contributed by atoms with Gasteiger partial charge < -0.3 is 20.7 Å². The van der Waals surface area contributed by atoms with Gasteiger partial charge in [-0.3, -0.25) is 4.79 Å². The number of carbonyl (C=O) groups excluding carboxylic acids is 1. The molecule has 30 heavy (non-hydrogen) atoms. The average Bonchev–Trinajstić information content (AvgIpc) is 2.75. The van der Waals surface area contributed by atoms with Crippen molar-refractivity contribution >= 4 is 34.6 Å². The highest BCUT2D eigenvalue weighted by Gasteiger charge is 2.11. The Morgan fingerprint density at radius 1 is 0.933 bits per heavy atom. The highest BCUT2D eigenvalue weighted by atomic mass is 32.1. The first-order valence-electron chi connectivity index (χ1n) is 9.33. The molecule has 0 aromatic heterocycles. The number of amides is 1. The molecule has 3 aromatic rings. The number of anilines is 2. The van der Waals surface area contributed by atoms with Crippen molar-refractivity contribution in [2.75, 3.05) is 17.7 Å². The van der Waals surface area contributed by atoms with Crippen LogP contribution in [-0.4, -0.2) is 18.1 Å². The van der Waals surface area contributed by atoms with Crippen LogP contribution in [0.5, 0.6) is 5.75 Å². The molecule has 154 valence electrons. The summed E-state index contributed by atoms with van der Waals surface area (Å²) in [5.74, 6) is -0.260. The van der Waals surface area contributed by atoms with Crippen LogP contribution in [0.25, 0.3) is 0 Å². The Labute approximate surface area is 180 Å². The van der Waals surface area contributed by atoms with E-state index in [1.54, 1.807) is 43.5 Å². The molecule has 1 amide bonds. The Kier molecular flexibility index (Phi) is 6.98. The molecule has 5 nitrogen and oxygen atoms in total. The van der Waals surface area contributed by atoms with E-state index in [9.17, 15) is 9.18 Å². The molecule has 3 aromatic carbocycles.